The van der Waals surface area contributed by atoms with Crippen LogP contribution in [0.4, 0.5) is 0 Å². The van der Waals surface area contributed by atoms with E-state index in [-0.39, 0.29) is 18.1 Å². The monoisotopic (exact) mass is 281 g/mol. The van der Waals surface area contributed by atoms with Crippen LogP contribution in [0, 0.1) is 6.92 Å². The van der Waals surface area contributed by atoms with Crippen molar-refractivity contribution in [3.8, 4) is 0 Å². The van der Waals surface area contributed by atoms with Gasteiger partial charge >= 0.3 is 0 Å². The Bertz CT molecular complexity index is 616. The number of hydrogen-bond acceptors (Lipinski definition) is 5. The van der Waals surface area contributed by atoms with Gasteiger partial charge in [-0.25, -0.2) is 0 Å². The molecule has 7 nitrogen and oxygen atoms in total. The van der Waals surface area contributed by atoms with Gasteiger partial charge in [-0.15, -0.1) is 0 Å². The Balaban J connectivity index is 1.61. The van der Waals surface area contributed by atoms with E-state index in [0.29, 0.717) is 28.3 Å². The molecule has 0 aromatic carbocycles. The summed E-state index contributed by atoms with van der Waals surface area (Å²) in [7, 11) is 0. The van der Waals surface area contributed by atoms with Gasteiger partial charge in [0.1, 0.15) is 0 Å². The van der Waals surface area contributed by atoms with Gasteiger partial charge in [-0.05, 0) is 19.8 Å². The molecule has 2 aromatic rings. The maximum atomic E-state index is 11.8. The highest BCUT2D eigenvalue weighted by molar-refractivity contribution is 6.34. The van der Waals surface area contributed by atoms with Gasteiger partial charge in [-0.3, -0.25) is 9.89 Å². The van der Waals surface area contributed by atoms with E-state index in [2.05, 4.69) is 25.7 Å². The number of nitrogens with zero attached hydrogens (tertiary/aromatic N) is 3. The lowest BCUT2D eigenvalue weighted by Crippen LogP contribution is -2.24. The number of aromatic nitrogens is 4. The molecule has 0 atom stereocenters. The van der Waals surface area contributed by atoms with Gasteiger partial charge in [-0.1, -0.05) is 16.8 Å². The number of rotatable bonds is 4. The first kappa shape index (κ1) is 12.2. The fraction of sp³-hybridized carbons (Fsp3) is 0.455. The molecule has 1 aliphatic rings. The predicted molar refractivity (Wildman–Crippen MR) is 65.8 cm³/mol. The average molecular weight is 282 g/mol. The van der Waals surface area contributed by atoms with Crippen molar-refractivity contribution in [1.29, 1.82) is 0 Å². The van der Waals surface area contributed by atoms with Crippen LogP contribution in [0.1, 0.15) is 46.7 Å². The number of aryl methyl sites for hydroxylation is 1. The van der Waals surface area contributed by atoms with Crippen LogP contribution in [0.3, 0.4) is 0 Å². The van der Waals surface area contributed by atoms with Gasteiger partial charge in [0.05, 0.1) is 17.3 Å². The van der Waals surface area contributed by atoms with Crippen molar-refractivity contribution in [3.05, 3.63) is 28.1 Å². The average Bonchev–Trinajstić information content (AvgIpc) is 3.06. The number of carbonyl (C=O) groups excluding carboxylic acids is 1. The smallest absolute Gasteiger partial charge is 0.273 e. The van der Waals surface area contributed by atoms with Gasteiger partial charge in [0.25, 0.3) is 5.91 Å². The van der Waals surface area contributed by atoms with Crippen LogP contribution in [0.15, 0.2) is 4.52 Å². The summed E-state index contributed by atoms with van der Waals surface area (Å²) in [6, 6.07) is 0. The van der Waals surface area contributed by atoms with Crippen LogP contribution in [-0.2, 0) is 6.54 Å². The molecule has 19 heavy (non-hydrogen) atoms. The summed E-state index contributed by atoms with van der Waals surface area (Å²) in [6.07, 6.45) is 2.19. The molecule has 0 bridgehead atoms. The number of nitrogens with one attached hydrogen (secondary N) is 2. The normalized spacial score (nSPS) is 14.6. The van der Waals surface area contributed by atoms with E-state index in [1.54, 1.807) is 6.92 Å². The van der Waals surface area contributed by atoms with Gasteiger partial charge in [0.2, 0.25) is 5.89 Å². The van der Waals surface area contributed by atoms with Crippen molar-refractivity contribution >= 4 is 17.5 Å². The largest absolute Gasteiger partial charge is 0.343 e. The minimum absolute atomic E-state index is 0.171. The molecule has 1 saturated carbocycles. The number of halogens is 1. The van der Waals surface area contributed by atoms with Crippen molar-refractivity contribution < 1.29 is 9.32 Å². The summed E-state index contributed by atoms with van der Waals surface area (Å²) < 4.78 is 5.09. The van der Waals surface area contributed by atoms with Crippen molar-refractivity contribution in [3.63, 3.8) is 0 Å². The van der Waals surface area contributed by atoms with Gasteiger partial charge in [-0.2, -0.15) is 10.1 Å². The molecule has 0 aliphatic heterocycles. The number of carbonyl (C=O) groups is 1. The Morgan fingerprint density at radius 1 is 1.58 bits per heavy atom. The summed E-state index contributed by atoms with van der Waals surface area (Å²) in [6.45, 7) is 1.94. The van der Waals surface area contributed by atoms with E-state index in [9.17, 15) is 4.79 Å². The van der Waals surface area contributed by atoms with E-state index in [1.165, 1.54) is 0 Å². The van der Waals surface area contributed by atoms with Crippen molar-refractivity contribution in [2.75, 3.05) is 0 Å². The summed E-state index contributed by atoms with van der Waals surface area (Å²) in [5, 5.41) is 13.3. The third-order valence-corrected chi connectivity index (χ3v) is 3.37. The van der Waals surface area contributed by atoms with Crippen LogP contribution in [0.2, 0.25) is 5.02 Å². The Morgan fingerprint density at radius 2 is 2.37 bits per heavy atom. The molecule has 0 radical (unpaired) electrons. The minimum Gasteiger partial charge on any atom is -0.343 e. The van der Waals surface area contributed by atoms with Crippen LogP contribution >= 0.6 is 11.6 Å². The fourth-order valence-corrected chi connectivity index (χ4v) is 1.81. The van der Waals surface area contributed by atoms with E-state index >= 15 is 0 Å². The Kier molecular flexibility index (Phi) is 2.98. The molecular formula is C11H12ClN5O2. The van der Waals surface area contributed by atoms with E-state index in [4.69, 9.17) is 16.1 Å². The van der Waals surface area contributed by atoms with Gasteiger partial charge in [0, 0.05) is 5.92 Å². The van der Waals surface area contributed by atoms with Crippen molar-refractivity contribution in [1.82, 2.24) is 25.7 Å². The third-order valence-electron chi connectivity index (χ3n) is 2.91. The van der Waals surface area contributed by atoms with Crippen molar-refractivity contribution in [2.45, 2.75) is 32.2 Å². The highest BCUT2D eigenvalue weighted by atomic mass is 35.5. The van der Waals surface area contributed by atoms with E-state index in [1.807, 2.05) is 0 Å². The first-order valence-corrected chi connectivity index (χ1v) is 6.34. The zero-order valence-electron chi connectivity index (χ0n) is 10.2. The zero-order valence-corrected chi connectivity index (χ0v) is 11.0. The molecule has 2 heterocycles. The van der Waals surface area contributed by atoms with Crippen LogP contribution in [0.25, 0.3) is 0 Å². The highest BCUT2D eigenvalue weighted by Crippen LogP contribution is 2.38. The summed E-state index contributed by atoms with van der Waals surface area (Å²) >= 11 is 5.93. The van der Waals surface area contributed by atoms with Crippen LogP contribution in [-0.4, -0.2) is 26.2 Å². The lowest BCUT2D eigenvalue weighted by atomic mass is 10.3. The van der Waals surface area contributed by atoms with Gasteiger partial charge in [0.15, 0.2) is 11.5 Å². The van der Waals surface area contributed by atoms with E-state index < -0.39 is 0 Å². The highest BCUT2D eigenvalue weighted by Gasteiger charge is 2.29. The Hall–Kier alpha value is -1.89. The molecular weight excluding hydrogens is 270 g/mol. The molecule has 100 valence electrons. The van der Waals surface area contributed by atoms with Crippen LogP contribution < -0.4 is 5.32 Å². The molecule has 2 N–H and O–H groups in total. The lowest BCUT2D eigenvalue weighted by molar-refractivity contribution is 0.0944. The first-order chi connectivity index (χ1) is 9.15. The number of amides is 1. The summed E-state index contributed by atoms with van der Waals surface area (Å²) in [4.78, 5) is 16.1. The topological polar surface area (TPSA) is 96.7 Å². The zero-order chi connectivity index (χ0) is 13.4. The fourth-order valence-electron chi connectivity index (χ4n) is 1.64. The molecule has 1 amide bonds. The predicted octanol–water partition coefficient (Wildman–Crippen LogP) is 1.56. The second-order valence-corrected chi connectivity index (χ2v) is 4.89. The minimum atomic E-state index is -0.368. The summed E-state index contributed by atoms with van der Waals surface area (Å²) in [5.74, 6) is 1.14. The maximum absolute atomic E-state index is 11.8. The molecule has 2 aromatic heterocycles. The SMILES string of the molecule is Cc1[nH]nc(C(=O)NCc2noc(C3CC3)n2)c1Cl. The third kappa shape index (κ3) is 2.46. The number of H-pyrrole nitrogens is 1. The molecule has 1 fully saturated rings. The molecule has 8 heteroatoms. The number of aromatic amines is 1. The first-order valence-electron chi connectivity index (χ1n) is 5.96. The van der Waals surface area contributed by atoms with Gasteiger partial charge < -0.3 is 9.84 Å². The second-order valence-electron chi connectivity index (χ2n) is 4.52. The second kappa shape index (κ2) is 4.65. The lowest BCUT2D eigenvalue weighted by Gasteiger charge is -1.99. The molecule has 0 saturated heterocycles. The summed E-state index contributed by atoms with van der Waals surface area (Å²) in [5.41, 5.74) is 0.826. The molecule has 0 unspecified atom stereocenters. The Morgan fingerprint density at radius 3 is 3.00 bits per heavy atom. The Labute approximate surface area is 113 Å². The number of hydrogen-bond donors (Lipinski definition) is 2. The molecule has 3 rings (SSSR count). The molecule has 0 spiro atoms. The van der Waals surface area contributed by atoms with Crippen molar-refractivity contribution in [2.24, 2.45) is 0 Å². The van der Waals surface area contributed by atoms with Crippen LogP contribution in [0.5, 0.6) is 0 Å². The standard InChI is InChI=1S/C11H12ClN5O2/c1-5-8(12)9(16-15-5)10(18)13-4-7-14-11(19-17-7)6-2-3-6/h6H,2-4H2,1H3,(H,13,18)(H,15,16). The molecule has 1 aliphatic carbocycles. The quantitative estimate of drug-likeness (QED) is 0.886. The maximum Gasteiger partial charge on any atom is 0.273 e. The van der Waals surface area contributed by atoms with E-state index in [0.717, 1.165) is 12.8 Å².